The van der Waals surface area contributed by atoms with Crippen LogP contribution in [0.4, 0.5) is 0 Å². The smallest absolute Gasteiger partial charge is 0.223 e. The zero-order chi connectivity index (χ0) is 16.8. The molecule has 1 aromatic rings. The van der Waals surface area contributed by atoms with Gasteiger partial charge < -0.3 is 14.8 Å². The van der Waals surface area contributed by atoms with Gasteiger partial charge in [0.15, 0.2) is 5.75 Å². The van der Waals surface area contributed by atoms with E-state index in [-0.39, 0.29) is 17.8 Å². The van der Waals surface area contributed by atoms with Crippen LogP contribution in [0.15, 0.2) is 17.1 Å². The SMILES string of the molecule is CC1CC(C)CN(Cc2cc(=O)c(O)cn2CCCCCO)C1. The van der Waals surface area contributed by atoms with Gasteiger partial charge in [0, 0.05) is 44.5 Å². The molecule has 130 valence electrons. The summed E-state index contributed by atoms with van der Waals surface area (Å²) >= 11 is 0. The molecule has 2 heterocycles. The van der Waals surface area contributed by atoms with Crippen molar-refractivity contribution in [2.75, 3.05) is 19.7 Å². The number of aryl methyl sites for hydroxylation is 1. The fourth-order valence-electron chi connectivity index (χ4n) is 3.67. The van der Waals surface area contributed by atoms with Gasteiger partial charge in [-0.3, -0.25) is 9.69 Å². The molecule has 5 heteroatoms. The number of pyridine rings is 1. The summed E-state index contributed by atoms with van der Waals surface area (Å²) in [4.78, 5) is 14.2. The average Bonchev–Trinajstić information content (AvgIpc) is 2.47. The van der Waals surface area contributed by atoms with Crippen LogP contribution in [0.5, 0.6) is 5.75 Å². The average molecular weight is 322 g/mol. The molecule has 0 amide bonds. The molecule has 1 fully saturated rings. The molecule has 0 aliphatic carbocycles. The van der Waals surface area contributed by atoms with Crippen molar-refractivity contribution in [2.45, 2.75) is 52.6 Å². The number of nitrogens with zero attached hydrogens (tertiary/aromatic N) is 2. The van der Waals surface area contributed by atoms with Crippen LogP contribution in [0.25, 0.3) is 0 Å². The zero-order valence-corrected chi connectivity index (χ0v) is 14.4. The van der Waals surface area contributed by atoms with E-state index in [4.69, 9.17) is 5.11 Å². The van der Waals surface area contributed by atoms with E-state index in [1.54, 1.807) is 12.3 Å². The second-order valence-corrected chi connectivity index (χ2v) is 7.13. The van der Waals surface area contributed by atoms with Crippen molar-refractivity contribution >= 4 is 0 Å². The highest BCUT2D eigenvalue weighted by Crippen LogP contribution is 2.22. The van der Waals surface area contributed by atoms with E-state index in [2.05, 4.69) is 18.7 Å². The summed E-state index contributed by atoms with van der Waals surface area (Å²) in [5, 5.41) is 18.6. The summed E-state index contributed by atoms with van der Waals surface area (Å²) in [6, 6.07) is 1.57. The Hall–Kier alpha value is -1.33. The van der Waals surface area contributed by atoms with Gasteiger partial charge in [0.1, 0.15) is 0 Å². The Kier molecular flexibility index (Phi) is 6.66. The van der Waals surface area contributed by atoms with E-state index in [9.17, 15) is 9.90 Å². The molecule has 2 unspecified atom stereocenters. The lowest BCUT2D eigenvalue weighted by molar-refractivity contribution is 0.131. The number of hydrogen-bond donors (Lipinski definition) is 2. The molecule has 5 nitrogen and oxygen atoms in total. The number of piperidine rings is 1. The fraction of sp³-hybridized carbons (Fsp3) is 0.722. The minimum atomic E-state index is -0.301. The number of hydrogen-bond acceptors (Lipinski definition) is 4. The number of rotatable bonds is 7. The second kappa shape index (κ2) is 8.50. The molecule has 2 atom stereocenters. The van der Waals surface area contributed by atoms with E-state index in [0.29, 0.717) is 11.8 Å². The monoisotopic (exact) mass is 322 g/mol. The molecule has 23 heavy (non-hydrogen) atoms. The molecular formula is C18H30N2O3. The minimum Gasteiger partial charge on any atom is -0.503 e. The van der Waals surface area contributed by atoms with Gasteiger partial charge in [0.2, 0.25) is 5.43 Å². The third-order valence-electron chi connectivity index (χ3n) is 4.58. The molecule has 1 saturated heterocycles. The highest BCUT2D eigenvalue weighted by Gasteiger charge is 2.22. The number of aromatic hydroxyl groups is 1. The molecule has 2 N–H and O–H groups in total. The van der Waals surface area contributed by atoms with E-state index >= 15 is 0 Å². The van der Waals surface area contributed by atoms with Gasteiger partial charge in [-0.2, -0.15) is 0 Å². The summed E-state index contributed by atoms with van der Waals surface area (Å²) < 4.78 is 2.00. The summed E-state index contributed by atoms with van der Waals surface area (Å²) in [6.07, 6.45) is 5.50. The molecule has 1 aliphatic heterocycles. The van der Waals surface area contributed by atoms with E-state index < -0.39 is 0 Å². The van der Waals surface area contributed by atoms with Crippen LogP contribution >= 0.6 is 0 Å². The normalized spacial score (nSPS) is 22.4. The first-order valence-corrected chi connectivity index (χ1v) is 8.75. The Bertz CT molecular complexity index is 546. The van der Waals surface area contributed by atoms with Crippen LogP contribution in [-0.2, 0) is 13.1 Å². The third kappa shape index (κ3) is 5.36. The van der Waals surface area contributed by atoms with Crippen molar-refractivity contribution in [1.82, 2.24) is 9.47 Å². The molecule has 0 aromatic carbocycles. The Labute approximate surface area is 138 Å². The van der Waals surface area contributed by atoms with Crippen molar-refractivity contribution in [3.63, 3.8) is 0 Å². The Morgan fingerprint density at radius 1 is 1.17 bits per heavy atom. The van der Waals surface area contributed by atoms with Gasteiger partial charge in [-0.05, 0) is 37.5 Å². The van der Waals surface area contributed by atoms with Crippen molar-refractivity contribution in [2.24, 2.45) is 11.8 Å². The van der Waals surface area contributed by atoms with Gasteiger partial charge in [-0.25, -0.2) is 0 Å². The largest absolute Gasteiger partial charge is 0.503 e. The van der Waals surface area contributed by atoms with E-state index in [0.717, 1.165) is 51.1 Å². The van der Waals surface area contributed by atoms with E-state index in [1.165, 1.54) is 6.42 Å². The Morgan fingerprint density at radius 2 is 1.87 bits per heavy atom. The van der Waals surface area contributed by atoms with Crippen LogP contribution in [0.2, 0.25) is 0 Å². The molecule has 1 aliphatic rings. The number of aromatic nitrogens is 1. The number of aliphatic hydroxyl groups is 1. The van der Waals surface area contributed by atoms with Crippen molar-refractivity contribution < 1.29 is 10.2 Å². The lowest BCUT2D eigenvalue weighted by Crippen LogP contribution is -2.39. The van der Waals surface area contributed by atoms with Gasteiger partial charge >= 0.3 is 0 Å². The summed E-state index contributed by atoms with van der Waals surface area (Å²) in [7, 11) is 0. The predicted molar refractivity (Wildman–Crippen MR) is 91.5 cm³/mol. The molecule has 0 bridgehead atoms. The maximum absolute atomic E-state index is 11.8. The number of aliphatic hydroxyl groups excluding tert-OH is 1. The fourth-order valence-corrected chi connectivity index (χ4v) is 3.67. The van der Waals surface area contributed by atoms with Gasteiger partial charge in [-0.1, -0.05) is 13.8 Å². The maximum atomic E-state index is 11.8. The third-order valence-corrected chi connectivity index (χ3v) is 4.58. The topological polar surface area (TPSA) is 65.7 Å². The maximum Gasteiger partial charge on any atom is 0.223 e. The molecule has 0 saturated carbocycles. The summed E-state index contributed by atoms with van der Waals surface area (Å²) in [6.45, 7) is 8.41. The predicted octanol–water partition coefficient (Wildman–Crippen LogP) is 2.19. The Morgan fingerprint density at radius 3 is 2.52 bits per heavy atom. The first kappa shape index (κ1) is 18.0. The lowest BCUT2D eigenvalue weighted by atomic mass is 9.92. The highest BCUT2D eigenvalue weighted by molar-refractivity contribution is 5.20. The van der Waals surface area contributed by atoms with E-state index in [1.807, 2.05) is 4.57 Å². The van der Waals surface area contributed by atoms with Crippen LogP contribution in [-0.4, -0.2) is 39.4 Å². The van der Waals surface area contributed by atoms with Crippen molar-refractivity contribution in [1.29, 1.82) is 0 Å². The van der Waals surface area contributed by atoms with Crippen LogP contribution in [0.3, 0.4) is 0 Å². The minimum absolute atomic E-state index is 0.184. The lowest BCUT2D eigenvalue weighted by Gasteiger charge is -2.35. The summed E-state index contributed by atoms with van der Waals surface area (Å²) in [5.41, 5.74) is 0.669. The van der Waals surface area contributed by atoms with Gasteiger partial charge in [0.25, 0.3) is 0 Å². The quantitative estimate of drug-likeness (QED) is 0.755. The zero-order valence-electron chi connectivity index (χ0n) is 14.4. The Balaban J connectivity index is 2.09. The van der Waals surface area contributed by atoms with Crippen LogP contribution < -0.4 is 5.43 Å². The number of likely N-dealkylation sites (tertiary alicyclic amines) is 1. The standard InChI is InChI=1S/C18H30N2O3/c1-14-8-15(2)11-19(10-14)12-16-9-17(22)18(23)13-20(16)6-4-3-5-7-21/h9,13-15,21,23H,3-8,10-12H2,1-2H3. The van der Waals surface area contributed by atoms with Crippen LogP contribution in [0, 0.1) is 11.8 Å². The first-order chi connectivity index (χ1) is 11.0. The van der Waals surface area contributed by atoms with Crippen molar-refractivity contribution in [3.8, 4) is 5.75 Å². The molecule has 0 radical (unpaired) electrons. The molecule has 2 rings (SSSR count). The van der Waals surface area contributed by atoms with Gasteiger partial charge in [-0.15, -0.1) is 0 Å². The second-order valence-electron chi connectivity index (χ2n) is 7.13. The van der Waals surface area contributed by atoms with Gasteiger partial charge in [0.05, 0.1) is 6.20 Å². The molecule has 1 aromatic heterocycles. The summed E-state index contributed by atoms with van der Waals surface area (Å²) in [5.74, 6) is 1.18. The highest BCUT2D eigenvalue weighted by atomic mass is 16.3. The molecule has 0 spiro atoms. The number of unbranched alkanes of at least 4 members (excludes halogenated alkanes) is 2. The van der Waals surface area contributed by atoms with Crippen LogP contribution in [0.1, 0.15) is 45.2 Å². The van der Waals surface area contributed by atoms with Crippen molar-refractivity contribution in [3.05, 3.63) is 28.2 Å². The molecular weight excluding hydrogens is 292 g/mol. The first-order valence-electron chi connectivity index (χ1n) is 8.75.